The first-order valence-corrected chi connectivity index (χ1v) is 16.6. The molecule has 0 fully saturated rings. The quantitative estimate of drug-likeness (QED) is 0.176. The smallest absolute Gasteiger partial charge is 0.407 e. The van der Waals surface area contributed by atoms with Crippen LogP contribution in [0.4, 0.5) is 4.79 Å². The third kappa shape index (κ3) is 9.25. The van der Waals surface area contributed by atoms with Crippen LogP contribution < -0.4 is 10.6 Å². The first kappa shape index (κ1) is 35.0. The number of aliphatic hydroxyl groups is 2. The molecule has 4 N–H and O–H groups in total. The zero-order valence-electron chi connectivity index (χ0n) is 25.7. The molecule has 0 saturated carbocycles. The molecule has 0 spiro atoms. The molecule has 10 nitrogen and oxygen atoms in total. The van der Waals surface area contributed by atoms with Gasteiger partial charge in [-0.2, -0.15) is 4.31 Å². The highest BCUT2D eigenvalue weighted by molar-refractivity contribution is 7.89. The number of benzene rings is 3. The minimum atomic E-state index is -3.88. The number of fused-ring (bicyclic) bond motifs is 1. The number of nitrogens with zero attached hydrogens (tertiary/aromatic N) is 1. The van der Waals surface area contributed by atoms with Crippen LogP contribution in [0.25, 0.3) is 10.8 Å². The van der Waals surface area contributed by atoms with E-state index >= 15 is 0 Å². The molecule has 44 heavy (non-hydrogen) atoms. The third-order valence-electron chi connectivity index (χ3n) is 7.80. The maximum atomic E-state index is 13.5. The van der Waals surface area contributed by atoms with Crippen molar-refractivity contribution >= 4 is 32.8 Å². The molecule has 3 aromatic carbocycles. The lowest BCUT2D eigenvalue weighted by atomic mass is 9.97. The predicted molar refractivity (Wildman–Crippen MR) is 170 cm³/mol. The molecule has 3 atom stereocenters. The van der Waals surface area contributed by atoms with Gasteiger partial charge in [-0.3, -0.25) is 4.79 Å². The van der Waals surface area contributed by atoms with Gasteiger partial charge in [-0.1, -0.05) is 68.4 Å². The second-order valence-corrected chi connectivity index (χ2v) is 12.7. The van der Waals surface area contributed by atoms with E-state index in [0.29, 0.717) is 37.7 Å². The summed E-state index contributed by atoms with van der Waals surface area (Å²) in [4.78, 5) is 25.7. The maximum Gasteiger partial charge on any atom is 0.407 e. The number of hydrogen-bond acceptors (Lipinski definition) is 7. The van der Waals surface area contributed by atoms with Crippen LogP contribution >= 0.6 is 0 Å². The van der Waals surface area contributed by atoms with Gasteiger partial charge >= 0.3 is 6.09 Å². The molecule has 0 bridgehead atoms. The number of nitrogens with one attached hydrogen (secondary N) is 2. The first-order chi connectivity index (χ1) is 21.2. The van der Waals surface area contributed by atoms with Crippen molar-refractivity contribution in [3.05, 3.63) is 77.9 Å². The second-order valence-electron chi connectivity index (χ2n) is 10.8. The Labute approximate surface area is 260 Å². The average molecular weight is 628 g/mol. The van der Waals surface area contributed by atoms with Crippen LogP contribution in [0, 0.1) is 0 Å². The highest BCUT2D eigenvalue weighted by Gasteiger charge is 2.31. The summed E-state index contributed by atoms with van der Waals surface area (Å²) in [7, 11) is -2.62. The zero-order valence-corrected chi connectivity index (χ0v) is 26.6. The molecule has 0 aliphatic rings. The monoisotopic (exact) mass is 627 g/mol. The van der Waals surface area contributed by atoms with Crippen molar-refractivity contribution in [1.29, 1.82) is 0 Å². The molecule has 11 heteroatoms. The molecule has 0 radical (unpaired) electrons. The summed E-state index contributed by atoms with van der Waals surface area (Å²) in [6, 6.07) is 18.1. The Morgan fingerprint density at radius 1 is 0.932 bits per heavy atom. The maximum absolute atomic E-state index is 13.5. The lowest BCUT2D eigenvalue weighted by Gasteiger charge is -2.30. The number of ether oxygens (including phenoxy) is 1. The highest BCUT2D eigenvalue weighted by atomic mass is 32.2. The molecule has 240 valence electrons. The van der Waals surface area contributed by atoms with Gasteiger partial charge in [0.25, 0.3) is 0 Å². The summed E-state index contributed by atoms with van der Waals surface area (Å²) in [6.45, 7) is 3.55. The van der Waals surface area contributed by atoms with Gasteiger partial charge in [0.05, 0.1) is 25.2 Å². The zero-order chi connectivity index (χ0) is 32.1. The van der Waals surface area contributed by atoms with Gasteiger partial charge in [-0.15, -0.1) is 0 Å². The Bertz CT molecular complexity index is 1460. The number of carbonyl (C=O) groups is 2. The topological polar surface area (TPSA) is 145 Å². The second kappa shape index (κ2) is 17.1. The molecule has 0 heterocycles. The number of carbonyl (C=O) groups excluding carboxylic acids is 2. The van der Waals surface area contributed by atoms with Crippen LogP contribution in [0.1, 0.15) is 57.1 Å². The minimum absolute atomic E-state index is 0.107. The summed E-state index contributed by atoms with van der Waals surface area (Å²) >= 11 is 0. The molecule has 3 aromatic rings. The van der Waals surface area contributed by atoms with Crippen LogP contribution in [0.15, 0.2) is 71.6 Å². The van der Waals surface area contributed by atoms with E-state index in [9.17, 15) is 28.2 Å². The van der Waals surface area contributed by atoms with Crippen molar-refractivity contribution in [2.45, 2.75) is 82.0 Å². The van der Waals surface area contributed by atoms with Gasteiger partial charge in [-0.25, -0.2) is 13.2 Å². The van der Waals surface area contributed by atoms with E-state index in [1.807, 2.05) is 56.3 Å². The van der Waals surface area contributed by atoms with Crippen molar-refractivity contribution in [3.8, 4) is 0 Å². The van der Waals surface area contributed by atoms with Crippen LogP contribution in [0.2, 0.25) is 0 Å². The van der Waals surface area contributed by atoms with Gasteiger partial charge in [0.2, 0.25) is 15.9 Å². The van der Waals surface area contributed by atoms with Crippen molar-refractivity contribution in [1.82, 2.24) is 14.9 Å². The fraction of sp³-hybridized carbons (Fsp3) is 0.455. The molecule has 0 unspecified atom stereocenters. The molecule has 0 aliphatic carbocycles. The molecular weight excluding hydrogens is 582 g/mol. The summed E-state index contributed by atoms with van der Waals surface area (Å²) in [5, 5.41) is 27.3. The molecular formula is C33H45N3O7S. The van der Waals surface area contributed by atoms with Crippen molar-refractivity contribution < 1.29 is 33.0 Å². The molecule has 0 aromatic heterocycles. The minimum Gasteiger partial charge on any atom is -0.453 e. The van der Waals surface area contributed by atoms with Crippen molar-refractivity contribution in [2.75, 3.05) is 20.3 Å². The van der Waals surface area contributed by atoms with Gasteiger partial charge < -0.3 is 25.6 Å². The number of methoxy groups -OCH3 is 1. The Balaban J connectivity index is 1.68. The van der Waals surface area contributed by atoms with Crippen molar-refractivity contribution in [3.63, 3.8) is 0 Å². The standard InChI is InChI=1S/C33H45N3O7S/c1-4-20-36(44(41,42)29-18-16-24(22-37)17-19-29)28(23-38)14-9-13-27(5-2)34-32(39)31(35-33(40)43-3)21-26-12-8-11-25-10-6-7-15-30(25)26/h6-8,10-12,15-19,27-28,31,37-38H,4-5,9,13-14,20-23H2,1-3H3,(H,34,39)(H,35,40)/t27-,28-,31-/m0/s1. The molecule has 0 aliphatic heterocycles. The number of aliphatic hydroxyl groups excluding tert-OH is 2. The van der Waals surface area contributed by atoms with Crippen molar-refractivity contribution in [2.24, 2.45) is 0 Å². The highest BCUT2D eigenvalue weighted by Crippen LogP contribution is 2.23. The van der Waals surface area contributed by atoms with E-state index in [1.54, 1.807) is 12.1 Å². The Kier molecular flexibility index (Phi) is 13.6. The third-order valence-corrected chi connectivity index (χ3v) is 9.77. The summed E-state index contributed by atoms with van der Waals surface area (Å²) in [6.07, 6.45) is 2.29. The Morgan fingerprint density at radius 3 is 2.27 bits per heavy atom. The average Bonchev–Trinajstić information content (AvgIpc) is 3.04. The number of hydrogen-bond donors (Lipinski definition) is 4. The SMILES string of the molecule is CCCN([C@H](CO)CCC[C@H](CC)NC(=O)[C@H](Cc1cccc2ccccc12)NC(=O)OC)S(=O)(=O)c1ccc(CO)cc1. The number of rotatable bonds is 17. The fourth-order valence-corrected chi connectivity index (χ4v) is 7.07. The lowest BCUT2D eigenvalue weighted by molar-refractivity contribution is -0.123. The lowest BCUT2D eigenvalue weighted by Crippen LogP contribution is -2.50. The summed E-state index contributed by atoms with van der Waals surface area (Å²) in [5.41, 5.74) is 1.53. The number of sulfonamides is 1. The first-order valence-electron chi connectivity index (χ1n) is 15.1. The molecule has 2 amide bonds. The van der Waals surface area contributed by atoms with E-state index in [1.165, 1.54) is 23.5 Å². The van der Waals surface area contributed by atoms with Crippen LogP contribution in [-0.2, 0) is 32.6 Å². The van der Waals surface area contributed by atoms with E-state index in [4.69, 9.17) is 4.74 Å². The Morgan fingerprint density at radius 2 is 1.64 bits per heavy atom. The van der Waals surface area contributed by atoms with E-state index in [2.05, 4.69) is 10.6 Å². The van der Waals surface area contributed by atoms with Crippen LogP contribution in [-0.4, -0.2) is 73.3 Å². The number of amides is 2. The summed E-state index contributed by atoms with van der Waals surface area (Å²) < 4.78 is 33.1. The van der Waals surface area contributed by atoms with Gasteiger partial charge in [-0.05, 0) is 66.1 Å². The molecule has 3 rings (SSSR count). The van der Waals surface area contributed by atoms with E-state index in [0.717, 1.165) is 16.3 Å². The Hall–Kier alpha value is -3.51. The number of alkyl carbamates (subject to hydrolysis) is 1. The van der Waals surface area contributed by atoms with Gasteiger partial charge in [0, 0.05) is 25.0 Å². The fourth-order valence-electron chi connectivity index (χ4n) is 5.33. The summed E-state index contributed by atoms with van der Waals surface area (Å²) in [5.74, 6) is -0.338. The van der Waals surface area contributed by atoms with E-state index < -0.39 is 28.2 Å². The largest absolute Gasteiger partial charge is 0.453 e. The van der Waals surface area contributed by atoms with Crippen LogP contribution in [0.3, 0.4) is 0 Å². The van der Waals surface area contributed by atoms with E-state index in [-0.39, 0.29) is 43.0 Å². The van der Waals surface area contributed by atoms with Crippen LogP contribution in [0.5, 0.6) is 0 Å². The van der Waals surface area contributed by atoms with Gasteiger partial charge in [0.1, 0.15) is 6.04 Å². The predicted octanol–water partition coefficient (Wildman–Crippen LogP) is 4.13. The molecule has 0 saturated heterocycles. The van der Waals surface area contributed by atoms with Gasteiger partial charge in [0.15, 0.2) is 0 Å². The normalized spacial score (nSPS) is 13.8.